The van der Waals surface area contributed by atoms with Crippen LogP contribution in [0.2, 0.25) is 0 Å². The van der Waals surface area contributed by atoms with Crippen molar-refractivity contribution in [2.75, 3.05) is 36.5 Å². The highest BCUT2D eigenvalue weighted by Gasteiger charge is 2.37. The minimum absolute atomic E-state index is 0.118. The molecule has 3 aromatic carbocycles. The van der Waals surface area contributed by atoms with Gasteiger partial charge in [0, 0.05) is 42.0 Å². The molecule has 224 valence electrons. The lowest BCUT2D eigenvalue weighted by Crippen LogP contribution is -2.47. The molecule has 0 bridgehead atoms. The van der Waals surface area contributed by atoms with E-state index in [1.165, 1.54) is 52.2 Å². The molecule has 9 nitrogen and oxygen atoms in total. The molecule has 2 aliphatic rings. The molecule has 0 radical (unpaired) electrons. The number of benzene rings is 3. The lowest BCUT2D eigenvalue weighted by atomic mass is 9.99. The first-order valence-electron chi connectivity index (χ1n) is 14.3. The molecular weight excluding hydrogens is 566 g/mol. The van der Waals surface area contributed by atoms with Gasteiger partial charge in [0.15, 0.2) is 0 Å². The van der Waals surface area contributed by atoms with Crippen LogP contribution in [0, 0.1) is 11.3 Å². The molecule has 1 saturated heterocycles. The fraction of sp³-hybridized carbons (Fsp3) is 0.273. The van der Waals surface area contributed by atoms with Gasteiger partial charge in [0.25, 0.3) is 17.7 Å². The van der Waals surface area contributed by atoms with Crippen molar-refractivity contribution >= 4 is 23.2 Å². The number of nitrogens with zero attached hydrogens (tertiary/aromatic N) is 5. The molecule has 1 atom stereocenters. The topological polar surface area (TPSA) is 103 Å². The van der Waals surface area contributed by atoms with E-state index in [2.05, 4.69) is 21.4 Å². The molecular formula is C33H30F2N6O3. The Morgan fingerprint density at radius 2 is 1.77 bits per heavy atom. The number of carbonyl (C=O) groups is 2. The number of rotatable bonds is 7. The summed E-state index contributed by atoms with van der Waals surface area (Å²) in [5.74, 6) is -4.10. The Labute approximate surface area is 253 Å². The van der Waals surface area contributed by atoms with E-state index < -0.39 is 17.7 Å². The molecule has 3 heterocycles. The predicted octanol–water partition coefficient (Wildman–Crippen LogP) is 5.03. The van der Waals surface area contributed by atoms with E-state index in [4.69, 9.17) is 4.74 Å². The zero-order chi connectivity index (χ0) is 30.8. The third kappa shape index (κ3) is 5.57. The van der Waals surface area contributed by atoms with Crippen molar-refractivity contribution in [1.82, 2.24) is 14.7 Å². The van der Waals surface area contributed by atoms with Gasteiger partial charge in [-0.25, -0.2) is 0 Å². The molecule has 2 aliphatic heterocycles. The summed E-state index contributed by atoms with van der Waals surface area (Å²) in [6.45, 7) is 5.59. The van der Waals surface area contributed by atoms with Gasteiger partial charge in [-0.05, 0) is 36.8 Å². The molecule has 2 amide bonds. The van der Waals surface area contributed by atoms with Gasteiger partial charge in [-0.15, -0.1) is 0 Å². The number of nitrogens with one attached hydrogen (secondary N) is 1. The molecule has 1 N–H and O–H groups in total. The number of halogens is 2. The monoisotopic (exact) mass is 596 g/mol. The lowest BCUT2D eigenvalue weighted by Gasteiger charge is -2.34. The van der Waals surface area contributed by atoms with Crippen molar-refractivity contribution in [3.8, 4) is 6.07 Å². The van der Waals surface area contributed by atoms with Crippen LogP contribution in [0.3, 0.4) is 0 Å². The van der Waals surface area contributed by atoms with Gasteiger partial charge >= 0.3 is 0 Å². The van der Waals surface area contributed by atoms with Gasteiger partial charge in [-0.2, -0.15) is 19.1 Å². The smallest absolute Gasteiger partial charge is 0.298 e. The summed E-state index contributed by atoms with van der Waals surface area (Å²) >= 11 is 0. The van der Waals surface area contributed by atoms with Gasteiger partial charge in [-0.3, -0.25) is 19.2 Å². The van der Waals surface area contributed by atoms with Crippen molar-refractivity contribution in [3.63, 3.8) is 0 Å². The Bertz CT molecular complexity index is 1730. The summed E-state index contributed by atoms with van der Waals surface area (Å²) in [5.41, 5.74) is 2.05. The van der Waals surface area contributed by atoms with Crippen LogP contribution in [0.15, 0.2) is 79.0 Å². The molecule has 4 aromatic rings. The maximum absolute atomic E-state index is 15.1. The van der Waals surface area contributed by atoms with Gasteiger partial charge in [0.05, 0.1) is 49.3 Å². The molecule has 0 aliphatic carbocycles. The Hall–Kier alpha value is -4.92. The average Bonchev–Trinajstić information content (AvgIpc) is 3.44. The molecule has 44 heavy (non-hydrogen) atoms. The fourth-order valence-electron chi connectivity index (χ4n) is 5.66. The Balaban J connectivity index is 1.20. The Morgan fingerprint density at radius 1 is 1.07 bits per heavy atom. The van der Waals surface area contributed by atoms with Crippen LogP contribution in [-0.2, 0) is 23.7 Å². The summed E-state index contributed by atoms with van der Waals surface area (Å²) in [6.07, 6.45) is 1.42. The van der Waals surface area contributed by atoms with E-state index >= 15 is 8.78 Å². The summed E-state index contributed by atoms with van der Waals surface area (Å²) in [6, 6.07) is 20.1. The number of alkyl halides is 2. The maximum atomic E-state index is 15.1. The second-order valence-electron chi connectivity index (χ2n) is 10.9. The number of anilines is 2. The van der Waals surface area contributed by atoms with Gasteiger partial charge in [-0.1, -0.05) is 48.5 Å². The predicted molar refractivity (Wildman–Crippen MR) is 160 cm³/mol. The van der Waals surface area contributed by atoms with Crippen LogP contribution in [0.1, 0.15) is 50.0 Å². The number of morpholine rings is 1. The highest BCUT2D eigenvalue weighted by Crippen LogP contribution is 2.37. The van der Waals surface area contributed by atoms with Crippen molar-refractivity contribution < 1.29 is 23.1 Å². The Morgan fingerprint density at radius 3 is 2.48 bits per heavy atom. The minimum atomic E-state index is -3.19. The fourth-order valence-corrected chi connectivity index (χ4v) is 5.66. The molecule has 6 rings (SSSR count). The number of aromatic nitrogens is 2. The van der Waals surface area contributed by atoms with E-state index in [1.54, 1.807) is 36.4 Å². The average molecular weight is 597 g/mol. The minimum Gasteiger partial charge on any atom is -0.379 e. The summed E-state index contributed by atoms with van der Waals surface area (Å²) in [4.78, 5) is 30.7. The third-order valence-electron chi connectivity index (χ3n) is 8.02. The van der Waals surface area contributed by atoms with E-state index in [0.29, 0.717) is 37.6 Å². The number of amides is 2. The number of hydrogen-bond donors (Lipinski definition) is 1. The molecule has 11 heteroatoms. The molecule has 0 spiro atoms. The second-order valence-corrected chi connectivity index (χ2v) is 10.9. The van der Waals surface area contributed by atoms with Crippen molar-refractivity contribution in [1.29, 1.82) is 5.26 Å². The van der Waals surface area contributed by atoms with Crippen molar-refractivity contribution in [2.24, 2.45) is 0 Å². The SMILES string of the molecule is C[C@H]1Cn2ncc(NC(=O)c3ccc(CN4CCOCC4)c(C#N)c3)c2C(=O)N1c1ccc(C(F)(F)c2ccccc2)cc1. The van der Waals surface area contributed by atoms with Crippen LogP contribution in [0.5, 0.6) is 0 Å². The zero-order valence-corrected chi connectivity index (χ0v) is 24.0. The van der Waals surface area contributed by atoms with Crippen molar-refractivity contribution in [2.45, 2.75) is 32.0 Å². The molecule has 1 fully saturated rings. The first-order valence-corrected chi connectivity index (χ1v) is 14.3. The van der Waals surface area contributed by atoms with Gasteiger partial charge in [0.1, 0.15) is 5.69 Å². The summed E-state index contributed by atoms with van der Waals surface area (Å²) < 4.78 is 37.1. The number of carbonyl (C=O) groups excluding carboxylic acids is 2. The van der Waals surface area contributed by atoms with E-state index in [-0.39, 0.29) is 34.1 Å². The highest BCUT2D eigenvalue weighted by atomic mass is 19.3. The largest absolute Gasteiger partial charge is 0.379 e. The molecule has 0 saturated carbocycles. The Kier molecular flexibility index (Phi) is 7.95. The number of hydrogen-bond acceptors (Lipinski definition) is 6. The summed E-state index contributed by atoms with van der Waals surface area (Å²) in [7, 11) is 0. The van der Waals surface area contributed by atoms with Crippen LogP contribution in [0.25, 0.3) is 0 Å². The van der Waals surface area contributed by atoms with Crippen LogP contribution < -0.4 is 10.2 Å². The number of ether oxygens (including phenoxy) is 1. The molecule has 0 unspecified atom stereocenters. The van der Waals surface area contributed by atoms with Gasteiger partial charge in [0.2, 0.25) is 0 Å². The zero-order valence-electron chi connectivity index (χ0n) is 24.0. The van der Waals surface area contributed by atoms with Crippen LogP contribution >= 0.6 is 0 Å². The van der Waals surface area contributed by atoms with Gasteiger partial charge < -0.3 is 15.0 Å². The summed E-state index contributed by atoms with van der Waals surface area (Å²) in [5, 5.41) is 16.8. The molecule has 1 aromatic heterocycles. The van der Waals surface area contributed by atoms with E-state index in [9.17, 15) is 14.9 Å². The first-order chi connectivity index (χ1) is 21.3. The van der Waals surface area contributed by atoms with Crippen LogP contribution in [0.4, 0.5) is 20.2 Å². The number of fused-ring (bicyclic) bond motifs is 1. The first kappa shape index (κ1) is 29.2. The van der Waals surface area contributed by atoms with E-state index in [0.717, 1.165) is 18.7 Å². The van der Waals surface area contributed by atoms with E-state index in [1.807, 2.05) is 6.92 Å². The lowest BCUT2D eigenvalue weighted by molar-refractivity contribution is 0.0341. The number of nitriles is 1. The third-order valence-corrected chi connectivity index (χ3v) is 8.02. The second kappa shape index (κ2) is 12.0. The standard InChI is InChI=1S/C33H30F2N6O3/c1-22-20-40-30(32(43)41(22)28-11-9-27(10-12-28)33(34,35)26-5-3-2-4-6-26)29(19-37-40)38-31(42)23-7-8-24(25(17-23)18-36)21-39-13-15-44-16-14-39/h2-12,17,19,22H,13-16,20-21H2,1H3,(H,38,42)/t22-/m0/s1. The maximum Gasteiger partial charge on any atom is 0.298 e. The highest BCUT2D eigenvalue weighted by molar-refractivity contribution is 6.13. The quantitative estimate of drug-likeness (QED) is 0.321. The van der Waals surface area contributed by atoms with Crippen molar-refractivity contribution in [3.05, 3.63) is 113 Å². The van der Waals surface area contributed by atoms with Crippen LogP contribution in [-0.4, -0.2) is 58.8 Å². The normalized spacial score (nSPS) is 17.2.